The van der Waals surface area contributed by atoms with Gasteiger partial charge in [-0.1, -0.05) is 81.4 Å². The fraction of sp³-hybridized carbons (Fsp3) is 0.548. The molecule has 0 radical (unpaired) electrons. The Morgan fingerprint density at radius 1 is 0.921 bits per heavy atom. The Kier molecular flexibility index (Phi) is 9.60. The van der Waals surface area contributed by atoms with Gasteiger partial charge in [0.2, 0.25) is 5.91 Å². The zero-order chi connectivity index (χ0) is 28.1. The van der Waals surface area contributed by atoms with E-state index in [-0.39, 0.29) is 35.5 Å². The highest BCUT2D eigenvalue weighted by Crippen LogP contribution is 2.37. The third-order valence-electron chi connectivity index (χ3n) is 7.56. The number of carbonyl (C=O) groups is 2. The molecule has 0 spiro atoms. The van der Waals surface area contributed by atoms with E-state index in [9.17, 15) is 9.59 Å². The van der Waals surface area contributed by atoms with Crippen molar-refractivity contribution in [1.29, 1.82) is 0 Å². The summed E-state index contributed by atoms with van der Waals surface area (Å²) in [6, 6.07) is 19.9. The zero-order valence-corrected chi connectivity index (χ0v) is 25.5. The molecular formula is C31H46N2O4Si. The second-order valence-electron chi connectivity index (χ2n) is 12.9. The van der Waals surface area contributed by atoms with Crippen molar-refractivity contribution in [3.8, 4) is 0 Å². The van der Waals surface area contributed by atoms with Gasteiger partial charge in [0.05, 0.1) is 18.7 Å². The van der Waals surface area contributed by atoms with E-state index in [4.69, 9.17) is 9.16 Å². The number of likely N-dealkylation sites (tertiary alicyclic amines) is 1. The predicted molar refractivity (Wildman–Crippen MR) is 155 cm³/mol. The van der Waals surface area contributed by atoms with Crippen molar-refractivity contribution >= 4 is 20.2 Å². The zero-order valence-electron chi connectivity index (χ0n) is 24.5. The molecule has 1 aliphatic rings. The molecule has 1 heterocycles. The van der Waals surface area contributed by atoms with Crippen molar-refractivity contribution in [1.82, 2.24) is 9.80 Å². The Morgan fingerprint density at radius 3 is 1.87 bits per heavy atom. The van der Waals surface area contributed by atoms with E-state index in [1.165, 1.54) is 0 Å². The van der Waals surface area contributed by atoms with E-state index in [1.54, 1.807) is 4.90 Å². The lowest BCUT2D eigenvalue weighted by Gasteiger charge is -2.38. The number of hydrogen-bond donors (Lipinski definition) is 0. The van der Waals surface area contributed by atoms with Gasteiger partial charge in [-0.25, -0.2) is 0 Å². The molecule has 38 heavy (non-hydrogen) atoms. The van der Waals surface area contributed by atoms with Crippen LogP contribution in [-0.2, 0) is 31.8 Å². The smallest absolute Gasteiger partial charge is 0.326 e. The summed E-state index contributed by atoms with van der Waals surface area (Å²) in [5.74, 6) is -0.423. The normalized spacial score (nSPS) is 18.8. The molecule has 208 valence electrons. The van der Waals surface area contributed by atoms with Gasteiger partial charge in [0, 0.05) is 13.1 Å². The van der Waals surface area contributed by atoms with Gasteiger partial charge in [0.15, 0.2) is 8.32 Å². The molecule has 0 bridgehead atoms. The first-order valence-electron chi connectivity index (χ1n) is 13.6. The Morgan fingerprint density at radius 2 is 1.42 bits per heavy atom. The van der Waals surface area contributed by atoms with Crippen LogP contribution in [0.2, 0.25) is 18.1 Å². The summed E-state index contributed by atoms with van der Waals surface area (Å²) in [6.07, 6.45) is 0.607. The van der Waals surface area contributed by atoms with Crippen LogP contribution in [-0.4, -0.2) is 60.8 Å². The second-order valence-corrected chi connectivity index (χ2v) is 17.7. The van der Waals surface area contributed by atoms with Crippen LogP contribution in [0, 0.1) is 0 Å². The molecule has 1 aliphatic heterocycles. The first-order chi connectivity index (χ1) is 17.7. The lowest BCUT2D eigenvalue weighted by atomic mass is 10.1. The quantitative estimate of drug-likeness (QED) is 0.273. The molecule has 0 N–H and O–H groups in total. The van der Waals surface area contributed by atoms with Gasteiger partial charge in [-0.15, -0.1) is 0 Å². The van der Waals surface area contributed by atoms with Crippen molar-refractivity contribution in [2.24, 2.45) is 0 Å². The molecular weight excluding hydrogens is 492 g/mol. The molecule has 0 saturated carbocycles. The number of amides is 1. The van der Waals surface area contributed by atoms with Crippen molar-refractivity contribution in [3.63, 3.8) is 0 Å². The molecule has 0 aliphatic carbocycles. The molecule has 3 rings (SSSR count). The maximum atomic E-state index is 14.0. The van der Waals surface area contributed by atoms with E-state index < -0.39 is 13.9 Å². The molecule has 6 nitrogen and oxygen atoms in total. The first-order valence-corrected chi connectivity index (χ1v) is 16.6. The van der Waals surface area contributed by atoms with Crippen LogP contribution in [0.15, 0.2) is 60.7 Å². The lowest BCUT2D eigenvalue weighted by Crippen LogP contribution is -2.47. The topological polar surface area (TPSA) is 59.1 Å². The van der Waals surface area contributed by atoms with Crippen molar-refractivity contribution in [3.05, 3.63) is 71.8 Å². The van der Waals surface area contributed by atoms with Crippen LogP contribution < -0.4 is 0 Å². The van der Waals surface area contributed by atoms with E-state index in [1.807, 2.05) is 57.2 Å². The van der Waals surface area contributed by atoms with Crippen LogP contribution in [0.4, 0.5) is 0 Å². The van der Waals surface area contributed by atoms with Gasteiger partial charge in [0.1, 0.15) is 12.1 Å². The van der Waals surface area contributed by atoms with E-state index in [0.29, 0.717) is 26.1 Å². The number of rotatable bonds is 10. The molecule has 1 amide bonds. The SMILES string of the molecule is CC(C)(C)OC(=O)CN1C(=O)[C@H](N(Cc2ccccc2)Cc2ccccc2)C[C@H]1CO[Si](C)(C)C(C)(C)C. The molecule has 2 aromatic rings. The molecule has 7 heteroatoms. The average molecular weight is 539 g/mol. The van der Waals surface area contributed by atoms with Gasteiger partial charge in [0.25, 0.3) is 0 Å². The third-order valence-corrected chi connectivity index (χ3v) is 12.1. The Balaban J connectivity index is 1.88. The second kappa shape index (κ2) is 12.1. The van der Waals surface area contributed by atoms with Gasteiger partial charge in [-0.2, -0.15) is 0 Å². The number of esters is 1. The number of carbonyl (C=O) groups excluding carboxylic acids is 2. The van der Waals surface area contributed by atoms with E-state index in [2.05, 4.69) is 63.0 Å². The Labute approximate surface area is 230 Å². The van der Waals surface area contributed by atoms with Gasteiger partial charge < -0.3 is 14.1 Å². The molecule has 0 aromatic heterocycles. The number of nitrogens with zero attached hydrogens (tertiary/aromatic N) is 2. The minimum Gasteiger partial charge on any atom is -0.459 e. The van der Waals surface area contributed by atoms with Gasteiger partial charge >= 0.3 is 5.97 Å². The van der Waals surface area contributed by atoms with Crippen LogP contribution in [0.1, 0.15) is 59.1 Å². The number of benzene rings is 2. The summed E-state index contributed by atoms with van der Waals surface area (Å²) in [5, 5.41) is 0.0532. The maximum Gasteiger partial charge on any atom is 0.326 e. The molecule has 0 unspecified atom stereocenters. The monoisotopic (exact) mass is 538 g/mol. The van der Waals surface area contributed by atoms with Crippen LogP contribution >= 0.6 is 0 Å². The fourth-order valence-electron chi connectivity index (χ4n) is 4.47. The molecule has 1 fully saturated rings. The average Bonchev–Trinajstić information content (AvgIpc) is 3.12. The Bertz CT molecular complexity index is 1020. The van der Waals surface area contributed by atoms with E-state index in [0.717, 1.165) is 11.1 Å². The maximum absolute atomic E-state index is 14.0. The highest BCUT2D eigenvalue weighted by molar-refractivity contribution is 6.74. The van der Waals surface area contributed by atoms with Crippen LogP contribution in [0.3, 0.4) is 0 Å². The molecule has 2 aromatic carbocycles. The third kappa shape index (κ3) is 8.26. The summed E-state index contributed by atoms with van der Waals surface area (Å²) in [4.78, 5) is 30.8. The number of hydrogen-bond acceptors (Lipinski definition) is 5. The highest BCUT2D eigenvalue weighted by atomic mass is 28.4. The standard InChI is InChI=1S/C31H46N2O4Si/c1-30(2,3)37-28(34)22-33-26(23-36-38(7,8)31(4,5)6)19-27(29(33)35)32(20-24-15-11-9-12-16-24)21-25-17-13-10-14-18-25/h9-18,26-27H,19-23H2,1-8H3/t26-,27+/m0/s1. The van der Waals surface area contributed by atoms with Crippen molar-refractivity contribution < 1.29 is 18.8 Å². The minimum absolute atomic E-state index is 0.0356. The Hall–Kier alpha value is -2.48. The lowest BCUT2D eigenvalue weighted by molar-refractivity contribution is -0.159. The predicted octanol–water partition coefficient (Wildman–Crippen LogP) is 6.02. The molecule has 1 saturated heterocycles. The van der Waals surface area contributed by atoms with Crippen molar-refractivity contribution in [2.45, 2.75) is 96.9 Å². The summed E-state index contributed by atoms with van der Waals surface area (Å²) in [6.45, 7) is 18.2. The fourth-order valence-corrected chi connectivity index (χ4v) is 5.52. The molecule has 2 atom stereocenters. The minimum atomic E-state index is -2.04. The highest BCUT2D eigenvalue weighted by Gasteiger charge is 2.45. The van der Waals surface area contributed by atoms with Crippen molar-refractivity contribution in [2.75, 3.05) is 13.2 Å². The van der Waals surface area contributed by atoms with Crippen LogP contribution in [0.25, 0.3) is 0 Å². The number of ether oxygens (including phenoxy) is 1. The summed E-state index contributed by atoms with van der Waals surface area (Å²) in [5.41, 5.74) is 1.69. The summed E-state index contributed by atoms with van der Waals surface area (Å²) in [7, 11) is -2.04. The summed E-state index contributed by atoms with van der Waals surface area (Å²) < 4.78 is 12.2. The summed E-state index contributed by atoms with van der Waals surface area (Å²) >= 11 is 0. The first kappa shape index (κ1) is 30.1. The largest absolute Gasteiger partial charge is 0.459 e. The van der Waals surface area contributed by atoms with Gasteiger partial charge in [-0.05, 0) is 56.5 Å². The van der Waals surface area contributed by atoms with Gasteiger partial charge in [-0.3, -0.25) is 14.5 Å². The van der Waals surface area contributed by atoms with Crippen LogP contribution in [0.5, 0.6) is 0 Å². The van der Waals surface area contributed by atoms with E-state index >= 15 is 0 Å².